The summed E-state index contributed by atoms with van der Waals surface area (Å²) < 4.78 is 26.7. The molecule has 27 aromatic rings. The van der Waals surface area contributed by atoms with E-state index in [4.69, 9.17) is 29.2 Å². The minimum absolute atomic E-state index is 0.815. The predicted octanol–water partition coefficient (Wildman–Crippen LogP) is 37.0. The van der Waals surface area contributed by atoms with E-state index in [1.165, 1.54) is 164 Å². The number of para-hydroxylation sites is 6. The maximum absolute atomic E-state index is 6.57. The number of ether oxygens (including phenoxy) is 3. The van der Waals surface area contributed by atoms with Crippen molar-refractivity contribution in [2.45, 2.75) is 40.0 Å². The Morgan fingerprint density at radius 2 is 0.445 bits per heavy atom. The standard InChI is InChI=1S/C47H32N2O.2C45H30N2O/c1-2-43-48-40-23-13-25-42-47(40)49(43)46-35(22-12-24-41(46)50-42)33-26-27-38-39(29-33)44(31-16-7-4-8-17-31)36-20-9-10-21-37(36)45(38)34-19-11-18-32(28-34)30-14-5-3-6-15-30;1-2-41-46-38-22-12-24-40-45(38)47(41)44-32(20-11-23-39(44)48-40)30-25-26-36-37(27-30)43(33-21-10-16-28-13-6-7-17-31(28)33)35-19-9-8-18-34(35)42(36)29-14-4-3-5-15-29;1-2-41-46-38-19-11-21-40-45(38)47(41)44-33(18-10-20-39(44)48-40)31-24-25-36-37(27-31)43(32-23-22-28-12-6-7-15-30(28)26-32)35-17-9-8-16-34(35)42(36)29-13-4-3-5-14-29/h3-29H,2H2,1H3;2*3-27H,2H2,1H3. The van der Waals surface area contributed by atoms with Crippen LogP contribution in [0.25, 0.3) is 248 Å². The second kappa shape index (κ2) is 34.8. The van der Waals surface area contributed by atoms with E-state index in [0.29, 0.717) is 0 Å². The maximum atomic E-state index is 6.57. The van der Waals surface area contributed by atoms with Crippen LogP contribution in [0.2, 0.25) is 0 Å². The molecule has 0 saturated carbocycles. The molecule has 0 radical (unpaired) electrons. The third-order valence-electron chi connectivity index (χ3n) is 30.0. The summed E-state index contributed by atoms with van der Waals surface area (Å²) in [7, 11) is 0. The Bertz CT molecular complexity index is 10000. The highest BCUT2D eigenvalue weighted by Gasteiger charge is 2.33. The van der Waals surface area contributed by atoms with Crippen molar-refractivity contribution >= 4 is 119 Å². The van der Waals surface area contributed by atoms with Gasteiger partial charge in [0.05, 0.1) is 33.6 Å². The Kier molecular flexibility index (Phi) is 20.3. The molecular formula is C137H92N6O3. The number of nitrogens with zero attached hydrogens (tertiary/aromatic N) is 6. The number of fused-ring (bicyclic) bond motifs is 14. The first-order chi connectivity index (χ1) is 72.3. The summed E-state index contributed by atoms with van der Waals surface area (Å²) in [6.07, 6.45) is 2.45. The van der Waals surface area contributed by atoms with Crippen LogP contribution in [0, 0.1) is 0 Å². The van der Waals surface area contributed by atoms with Gasteiger partial charge in [0.25, 0.3) is 0 Å². The molecule has 0 spiro atoms. The van der Waals surface area contributed by atoms with Crippen LogP contribution in [0.1, 0.15) is 38.2 Å². The highest BCUT2D eigenvalue weighted by atomic mass is 16.5. The molecule has 3 aliphatic rings. The molecule has 0 amide bonds. The average Bonchev–Trinajstić information content (AvgIpc) is 1.11. The summed E-state index contributed by atoms with van der Waals surface area (Å²) in [5, 5.41) is 19.8. The molecule has 146 heavy (non-hydrogen) atoms. The fourth-order valence-corrected chi connectivity index (χ4v) is 23.6. The Balaban J connectivity index is 0.000000106. The molecule has 30 rings (SSSR count). The van der Waals surface area contributed by atoms with Crippen LogP contribution in [0.15, 0.2) is 467 Å². The largest absolute Gasteiger partial charge is 0.453 e. The van der Waals surface area contributed by atoms with Crippen molar-refractivity contribution in [1.29, 1.82) is 0 Å². The monoisotopic (exact) mass is 1870 g/mol. The van der Waals surface area contributed by atoms with E-state index in [0.717, 1.165) is 155 Å². The number of aromatic nitrogens is 6. The molecule has 0 bridgehead atoms. The number of hydrogen-bond donors (Lipinski definition) is 0. The van der Waals surface area contributed by atoms with Gasteiger partial charge in [-0.05, 0) is 266 Å². The van der Waals surface area contributed by atoms with E-state index in [-0.39, 0.29) is 0 Å². The molecule has 24 aromatic carbocycles. The zero-order valence-electron chi connectivity index (χ0n) is 80.5. The molecule has 9 nitrogen and oxygen atoms in total. The smallest absolute Gasteiger partial charge is 0.153 e. The molecular weight excluding hydrogens is 1780 g/mol. The van der Waals surface area contributed by atoms with Crippen molar-refractivity contribution in [3.05, 3.63) is 485 Å². The Morgan fingerprint density at radius 1 is 0.171 bits per heavy atom. The van der Waals surface area contributed by atoms with Gasteiger partial charge in [-0.25, -0.2) is 15.0 Å². The fourth-order valence-electron chi connectivity index (χ4n) is 23.6. The quantitative estimate of drug-likeness (QED) is 0.107. The van der Waals surface area contributed by atoms with Crippen molar-refractivity contribution in [3.63, 3.8) is 0 Å². The predicted molar refractivity (Wildman–Crippen MR) is 606 cm³/mol. The van der Waals surface area contributed by atoms with Crippen LogP contribution in [0.5, 0.6) is 34.5 Å². The zero-order chi connectivity index (χ0) is 96.7. The van der Waals surface area contributed by atoms with Crippen LogP contribution in [-0.4, -0.2) is 28.7 Å². The molecule has 0 atom stereocenters. The first kappa shape index (κ1) is 85.2. The molecule has 0 aliphatic carbocycles. The van der Waals surface area contributed by atoms with Crippen molar-refractivity contribution < 1.29 is 14.2 Å². The second-order valence-corrected chi connectivity index (χ2v) is 38.1. The lowest BCUT2D eigenvalue weighted by Gasteiger charge is -2.24. The van der Waals surface area contributed by atoms with E-state index in [1.54, 1.807) is 0 Å². The number of imidazole rings is 3. The summed E-state index contributed by atoms with van der Waals surface area (Å²) in [5.74, 6) is 8.17. The Hall–Kier alpha value is -18.8. The summed E-state index contributed by atoms with van der Waals surface area (Å²) in [6.45, 7) is 6.51. The summed E-state index contributed by atoms with van der Waals surface area (Å²) in [5.41, 5.74) is 33.1. The van der Waals surface area contributed by atoms with Crippen LogP contribution in [0.3, 0.4) is 0 Å². The minimum atomic E-state index is 0.815. The number of rotatable bonds is 13. The maximum Gasteiger partial charge on any atom is 0.153 e. The molecule has 3 aliphatic heterocycles. The van der Waals surface area contributed by atoms with Gasteiger partial charge in [0.2, 0.25) is 0 Å². The van der Waals surface area contributed by atoms with Gasteiger partial charge in [-0.3, -0.25) is 13.7 Å². The highest BCUT2D eigenvalue weighted by Crippen LogP contribution is 2.56. The van der Waals surface area contributed by atoms with E-state index in [9.17, 15) is 0 Å². The molecule has 0 N–H and O–H groups in total. The van der Waals surface area contributed by atoms with Gasteiger partial charge in [0.15, 0.2) is 34.5 Å². The lowest BCUT2D eigenvalue weighted by atomic mass is 9.83. The molecule has 0 unspecified atom stereocenters. The normalized spacial score (nSPS) is 12.0. The number of hydrogen-bond acceptors (Lipinski definition) is 6. The van der Waals surface area contributed by atoms with Crippen LogP contribution >= 0.6 is 0 Å². The van der Waals surface area contributed by atoms with Crippen LogP contribution in [-0.2, 0) is 19.3 Å². The summed E-state index contributed by atoms with van der Waals surface area (Å²) in [6, 6.07) is 168. The minimum Gasteiger partial charge on any atom is -0.453 e. The second-order valence-electron chi connectivity index (χ2n) is 38.1. The topological polar surface area (TPSA) is 81.1 Å². The van der Waals surface area contributed by atoms with E-state index >= 15 is 0 Å². The first-order valence-corrected chi connectivity index (χ1v) is 50.5. The summed E-state index contributed by atoms with van der Waals surface area (Å²) in [4.78, 5) is 15.1. The molecule has 9 heteroatoms. The van der Waals surface area contributed by atoms with Crippen LogP contribution in [0.4, 0.5) is 0 Å². The Labute approximate surface area is 843 Å². The number of benzene rings is 24. The third kappa shape index (κ3) is 13.8. The van der Waals surface area contributed by atoms with Crippen molar-refractivity contribution in [1.82, 2.24) is 28.7 Å². The zero-order valence-corrected chi connectivity index (χ0v) is 80.5. The van der Waals surface area contributed by atoms with E-state index in [1.807, 2.05) is 36.4 Å². The molecule has 688 valence electrons. The SMILES string of the molecule is CCc1nc2cccc3c2n1-c1c(cccc1-c1ccc2c(-c4cccc(-c5ccccc5)c4)c4ccccc4c(-c4ccccc4)c2c1)O3.CCc1nc2cccc3c2n1-c1c(cccc1-c1ccc2c(-c4ccccc4)c4ccccc4c(-c4ccc5ccccc5c4)c2c1)O3.CCc1nc2cccc3c2n1-c1c(cccc1-c1ccc2c(-c4ccccc4)c4ccccc4c(-c4cccc5ccccc45)c2c1)O3. The first-order valence-electron chi connectivity index (χ1n) is 50.5. The van der Waals surface area contributed by atoms with Crippen molar-refractivity contribution in [2.24, 2.45) is 0 Å². The third-order valence-corrected chi connectivity index (χ3v) is 30.0. The fraction of sp³-hybridized carbons (Fsp3) is 0.0438. The summed E-state index contributed by atoms with van der Waals surface area (Å²) >= 11 is 0. The molecule has 0 fully saturated rings. The van der Waals surface area contributed by atoms with Gasteiger partial charge < -0.3 is 14.2 Å². The van der Waals surface area contributed by atoms with Gasteiger partial charge in [-0.15, -0.1) is 0 Å². The average molecular weight is 1870 g/mol. The van der Waals surface area contributed by atoms with Crippen molar-refractivity contribution in [3.8, 4) is 163 Å². The van der Waals surface area contributed by atoms with Gasteiger partial charge in [-0.2, -0.15) is 0 Å². The lowest BCUT2D eigenvalue weighted by molar-refractivity contribution is 0.474. The highest BCUT2D eigenvalue weighted by molar-refractivity contribution is 6.27. The van der Waals surface area contributed by atoms with Gasteiger partial charge in [-0.1, -0.05) is 403 Å². The van der Waals surface area contributed by atoms with Gasteiger partial charge in [0, 0.05) is 36.0 Å². The van der Waals surface area contributed by atoms with Gasteiger partial charge >= 0.3 is 0 Å². The number of aryl methyl sites for hydroxylation is 3. The Morgan fingerprint density at radius 3 is 0.863 bits per heavy atom. The van der Waals surface area contributed by atoms with Gasteiger partial charge in [0.1, 0.15) is 34.0 Å². The van der Waals surface area contributed by atoms with Crippen molar-refractivity contribution in [2.75, 3.05) is 0 Å². The van der Waals surface area contributed by atoms with E-state index in [2.05, 4.69) is 465 Å². The molecule has 0 saturated heterocycles. The molecule has 6 heterocycles. The van der Waals surface area contributed by atoms with Crippen LogP contribution < -0.4 is 14.2 Å². The van der Waals surface area contributed by atoms with E-state index < -0.39 is 0 Å². The lowest BCUT2D eigenvalue weighted by Crippen LogP contribution is -2.08. The molecule has 3 aromatic heterocycles.